The Bertz CT molecular complexity index is 1240. The van der Waals surface area contributed by atoms with Gasteiger partial charge in [0.2, 0.25) is 11.7 Å². The fourth-order valence-corrected chi connectivity index (χ4v) is 4.87. The molecule has 0 N–H and O–H groups in total. The standard InChI is InChI=1S/C26H29N5O3S/c1-17(2)18-6-8-19(9-7-18)24-27-23(34-30-24)16-35-26-29-28-25(20-10-12-21(32-3)13-11-20)31(26)15-22-5-4-14-33-22/h6-13,17,22H,4-5,14-16H2,1-3H3. The van der Waals surface area contributed by atoms with Crippen LogP contribution in [-0.4, -0.2) is 44.7 Å². The van der Waals surface area contributed by atoms with Crippen molar-refractivity contribution in [2.45, 2.75) is 56.2 Å². The molecule has 1 aliphatic rings. The molecular weight excluding hydrogens is 462 g/mol. The van der Waals surface area contributed by atoms with Crippen molar-refractivity contribution in [3.8, 4) is 28.5 Å². The first kappa shape index (κ1) is 23.6. The minimum absolute atomic E-state index is 0.158. The van der Waals surface area contributed by atoms with E-state index in [1.54, 1.807) is 7.11 Å². The Morgan fingerprint density at radius 3 is 2.51 bits per heavy atom. The molecule has 2 aromatic heterocycles. The summed E-state index contributed by atoms with van der Waals surface area (Å²) in [5.74, 6) is 3.74. The molecule has 1 saturated heterocycles. The molecule has 35 heavy (non-hydrogen) atoms. The zero-order valence-corrected chi connectivity index (χ0v) is 21.0. The molecule has 0 spiro atoms. The number of rotatable bonds is 9. The fraction of sp³-hybridized carbons (Fsp3) is 0.385. The quantitative estimate of drug-likeness (QED) is 0.280. The first-order chi connectivity index (χ1) is 17.1. The normalized spacial score (nSPS) is 15.7. The second-order valence-corrected chi connectivity index (χ2v) is 9.80. The van der Waals surface area contributed by atoms with E-state index in [2.05, 4.69) is 50.9 Å². The Balaban J connectivity index is 1.33. The number of methoxy groups -OCH3 is 1. The van der Waals surface area contributed by atoms with Crippen LogP contribution in [0.25, 0.3) is 22.8 Å². The Morgan fingerprint density at radius 2 is 1.83 bits per heavy atom. The molecule has 3 heterocycles. The van der Waals surface area contributed by atoms with Gasteiger partial charge in [-0.05, 0) is 48.6 Å². The van der Waals surface area contributed by atoms with Gasteiger partial charge < -0.3 is 14.0 Å². The average Bonchev–Trinajstić information content (AvgIpc) is 3.65. The molecule has 2 aromatic carbocycles. The van der Waals surface area contributed by atoms with Gasteiger partial charge in [-0.3, -0.25) is 4.57 Å². The molecule has 0 amide bonds. The lowest BCUT2D eigenvalue weighted by Crippen LogP contribution is -2.16. The molecule has 0 aliphatic carbocycles. The maximum Gasteiger partial charge on any atom is 0.237 e. The highest BCUT2D eigenvalue weighted by molar-refractivity contribution is 7.98. The molecule has 0 bridgehead atoms. The summed E-state index contributed by atoms with van der Waals surface area (Å²) < 4.78 is 18.9. The van der Waals surface area contributed by atoms with Crippen molar-refractivity contribution in [3.63, 3.8) is 0 Å². The first-order valence-electron chi connectivity index (χ1n) is 11.9. The van der Waals surface area contributed by atoms with E-state index in [0.29, 0.717) is 29.9 Å². The highest BCUT2D eigenvalue weighted by Gasteiger charge is 2.22. The monoisotopic (exact) mass is 491 g/mol. The van der Waals surface area contributed by atoms with Gasteiger partial charge >= 0.3 is 0 Å². The molecule has 4 aromatic rings. The first-order valence-corrected chi connectivity index (χ1v) is 12.8. The third kappa shape index (κ3) is 5.41. The molecule has 8 nitrogen and oxygen atoms in total. The summed E-state index contributed by atoms with van der Waals surface area (Å²) in [4.78, 5) is 4.59. The van der Waals surface area contributed by atoms with Crippen molar-refractivity contribution < 1.29 is 14.0 Å². The number of thioether (sulfide) groups is 1. The van der Waals surface area contributed by atoms with Crippen LogP contribution in [0.1, 0.15) is 44.1 Å². The second kappa shape index (κ2) is 10.6. The van der Waals surface area contributed by atoms with Crippen LogP contribution in [0.3, 0.4) is 0 Å². The molecule has 9 heteroatoms. The maximum absolute atomic E-state index is 5.90. The Labute approximate surface area is 209 Å². The second-order valence-electron chi connectivity index (χ2n) is 8.86. The minimum atomic E-state index is 0.158. The van der Waals surface area contributed by atoms with E-state index < -0.39 is 0 Å². The fourth-order valence-electron chi connectivity index (χ4n) is 4.08. The number of hydrogen-bond donors (Lipinski definition) is 0. The number of nitrogens with zero attached hydrogens (tertiary/aromatic N) is 5. The van der Waals surface area contributed by atoms with Crippen molar-refractivity contribution in [2.75, 3.05) is 13.7 Å². The molecule has 182 valence electrons. The summed E-state index contributed by atoms with van der Waals surface area (Å²) in [6, 6.07) is 16.2. The molecule has 1 aliphatic heterocycles. The van der Waals surface area contributed by atoms with E-state index in [0.717, 1.165) is 47.3 Å². The van der Waals surface area contributed by atoms with Crippen molar-refractivity contribution in [2.24, 2.45) is 0 Å². The largest absolute Gasteiger partial charge is 0.497 e. The highest BCUT2D eigenvalue weighted by Crippen LogP contribution is 2.29. The number of aromatic nitrogens is 5. The van der Waals surface area contributed by atoms with Crippen LogP contribution in [0.5, 0.6) is 5.75 Å². The van der Waals surface area contributed by atoms with Gasteiger partial charge in [0.05, 0.1) is 25.5 Å². The molecule has 0 saturated carbocycles. The predicted octanol–water partition coefficient (Wildman–Crippen LogP) is 5.60. The van der Waals surface area contributed by atoms with E-state index in [9.17, 15) is 0 Å². The van der Waals surface area contributed by atoms with Crippen LogP contribution in [-0.2, 0) is 17.0 Å². The molecule has 1 unspecified atom stereocenters. The molecular formula is C26H29N5O3S. The lowest BCUT2D eigenvalue weighted by molar-refractivity contribution is 0.0953. The van der Waals surface area contributed by atoms with Crippen molar-refractivity contribution >= 4 is 11.8 Å². The summed E-state index contributed by atoms with van der Waals surface area (Å²) >= 11 is 1.53. The van der Waals surface area contributed by atoms with Crippen molar-refractivity contribution in [1.82, 2.24) is 24.9 Å². The van der Waals surface area contributed by atoms with Crippen molar-refractivity contribution in [1.29, 1.82) is 0 Å². The average molecular weight is 492 g/mol. The van der Waals surface area contributed by atoms with Gasteiger partial charge in [-0.2, -0.15) is 4.98 Å². The number of hydrogen-bond acceptors (Lipinski definition) is 8. The Hall–Kier alpha value is -3.17. The Morgan fingerprint density at radius 1 is 1.06 bits per heavy atom. The summed E-state index contributed by atoms with van der Waals surface area (Å²) in [6.45, 7) is 5.86. The minimum Gasteiger partial charge on any atom is -0.497 e. The van der Waals surface area contributed by atoms with Gasteiger partial charge in [-0.1, -0.05) is 55.0 Å². The highest BCUT2D eigenvalue weighted by atomic mass is 32.2. The van der Waals surface area contributed by atoms with Gasteiger partial charge in [0.1, 0.15) is 5.75 Å². The molecule has 5 rings (SSSR count). The van der Waals surface area contributed by atoms with Gasteiger partial charge in [-0.15, -0.1) is 10.2 Å². The van der Waals surface area contributed by atoms with Gasteiger partial charge in [0.25, 0.3) is 0 Å². The van der Waals surface area contributed by atoms with E-state index in [1.165, 1.54) is 17.3 Å². The van der Waals surface area contributed by atoms with Crippen LogP contribution in [0.2, 0.25) is 0 Å². The molecule has 1 fully saturated rings. The van der Waals surface area contributed by atoms with E-state index >= 15 is 0 Å². The lowest BCUT2D eigenvalue weighted by atomic mass is 10.0. The third-order valence-electron chi connectivity index (χ3n) is 6.10. The topological polar surface area (TPSA) is 88.1 Å². The summed E-state index contributed by atoms with van der Waals surface area (Å²) in [6.07, 6.45) is 2.27. The van der Waals surface area contributed by atoms with Crippen LogP contribution in [0.15, 0.2) is 58.2 Å². The zero-order valence-electron chi connectivity index (χ0n) is 20.2. The van der Waals surface area contributed by atoms with E-state index in [1.807, 2.05) is 36.4 Å². The van der Waals surface area contributed by atoms with Gasteiger partial charge in [0, 0.05) is 17.7 Å². The van der Waals surface area contributed by atoms with Crippen LogP contribution in [0.4, 0.5) is 0 Å². The van der Waals surface area contributed by atoms with Gasteiger partial charge in [-0.25, -0.2) is 0 Å². The van der Waals surface area contributed by atoms with E-state index in [-0.39, 0.29) is 6.10 Å². The maximum atomic E-state index is 5.90. The molecule has 0 radical (unpaired) electrons. The Kier molecular flexibility index (Phi) is 7.15. The SMILES string of the molecule is COc1ccc(-c2nnc(SCc3nc(-c4ccc(C(C)C)cc4)no3)n2CC2CCCO2)cc1. The van der Waals surface area contributed by atoms with Crippen LogP contribution in [0, 0.1) is 0 Å². The summed E-state index contributed by atoms with van der Waals surface area (Å²) in [7, 11) is 1.66. The summed E-state index contributed by atoms with van der Waals surface area (Å²) in [5, 5.41) is 14.0. The lowest BCUT2D eigenvalue weighted by Gasteiger charge is -2.14. The van der Waals surface area contributed by atoms with Crippen LogP contribution >= 0.6 is 11.8 Å². The zero-order chi connectivity index (χ0) is 24.2. The predicted molar refractivity (Wildman–Crippen MR) is 134 cm³/mol. The molecule has 1 atom stereocenters. The van der Waals surface area contributed by atoms with Crippen molar-refractivity contribution in [3.05, 3.63) is 60.0 Å². The third-order valence-corrected chi connectivity index (χ3v) is 7.06. The summed E-state index contributed by atoms with van der Waals surface area (Å²) in [5.41, 5.74) is 3.21. The smallest absolute Gasteiger partial charge is 0.237 e. The number of benzene rings is 2. The van der Waals surface area contributed by atoms with E-state index in [4.69, 9.17) is 14.0 Å². The van der Waals surface area contributed by atoms with Crippen LogP contribution < -0.4 is 4.74 Å². The van der Waals surface area contributed by atoms with Gasteiger partial charge in [0.15, 0.2) is 11.0 Å². The number of ether oxygens (including phenoxy) is 2.